The molecule has 0 aliphatic carbocycles. The predicted octanol–water partition coefficient (Wildman–Crippen LogP) is 1.23. The van der Waals surface area contributed by atoms with Gasteiger partial charge in [-0.1, -0.05) is 11.6 Å². The van der Waals surface area contributed by atoms with Gasteiger partial charge in [0.2, 0.25) is 0 Å². The van der Waals surface area contributed by atoms with Crippen molar-refractivity contribution in [2.45, 2.75) is 6.54 Å². The fourth-order valence-corrected chi connectivity index (χ4v) is 1.46. The molecule has 0 aliphatic rings. The Kier molecular flexibility index (Phi) is 4.43. The van der Waals surface area contributed by atoms with E-state index in [1.54, 1.807) is 24.2 Å². The Labute approximate surface area is 114 Å². The van der Waals surface area contributed by atoms with Crippen molar-refractivity contribution in [3.8, 4) is 0 Å². The molecular weight excluding hydrogens is 270 g/mol. The number of nitrogens with zero attached hydrogens (tertiary/aromatic N) is 4. The zero-order chi connectivity index (χ0) is 13.7. The minimum absolute atomic E-state index is 0.189. The van der Waals surface area contributed by atoms with Crippen LogP contribution < -0.4 is 5.32 Å². The fourth-order valence-electron chi connectivity index (χ4n) is 1.36. The average Bonchev–Trinajstić information content (AvgIpc) is 2.84. The maximum absolute atomic E-state index is 11.8. The molecule has 0 fully saturated rings. The van der Waals surface area contributed by atoms with Crippen LogP contribution in [0.4, 0.5) is 5.69 Å². The van der Waals surface area contributed by atoms with E-state index in [4.69, 9.17) is 16.3 Å². The van der Waals surface area contributed by atoms with Crippen molar-refractivity contribution in [3.63, 3.8) is 0 Å². The van der Waals surface area contributed by atoms with E-state index >= 15 is 0 Å². The average molecular weight is 282 g/mol. The van der Waals surface area contributed by atoms with Crippen LogP contribution in [0.1, 0.15) is 10.5 Å². The van der Waals surface area contributed by atoms with E-state index in [1.165, 1.54) is 12.4 Å². The van der Waals surface area contributed by atoms with Gasteiger partial charge < -0.3 is 10.1 Å². The summed E-state index contributed by atoms with van der Waals surface area (Å²) < 4.78 is 6.61. The zero-order valence-electron chi connectivity index (χ0n) is 10.2. The predicted molar refractivity (Wildman–Crippen MR) is 69.1 cm³/mol. The molecule has 0 saturated carbocycles. The van der Waals surface area contributed by atoms with Crippen molar-refractivity contribution in [1.29, 1.82) is 0 Å². The normalized spacial score (nSPS) is 10.4. The highest BCUT2D eigenvalue weighted by Crippen LogP contribution is 2.08. The number of carbonyl (C=O) groups excluding carboxylic acids is 1. The lowest BCUT2D eigenvalue weighted by molar-refractivity contribution is 0.102. The highest BCUT2D eigenvalue weighted by atomic mass is 35.5. The van der Waals surface area contributed by atoms with Crippen LogP contribution in [0.15, 0.2) is 24.8 Å². The summed E-state index contributed by atoms with van der Waals surface area (Å²) >= 11 is 5.60. The minimum Gasteiger partial charge on any atom is -0.383 e. The molecule has 1 amide bonds. The quantitative estimate of drug-likeness (QED) is 0.891. The number of halogens is 1. The first kappa shape index (κ1) is 13.4. The number of rotatable bonds is 5. The fraction of sp³-hybridized carbons (Fsp3) is 0.273. The van der Waals surface area contributed by atoms with Crippen molar-refractivity contribution >= 4 is 23.2 Å². The third kappa shape index (κ3) is 3.73. The van der Waals surface area contributed by atoms with Gasteiger partial charge in [0.15, 0.2) is 0 Å². The van der Waals surface area contributed by atoms with Gasteiger partial charge in [-0.3, -0.25) is 9.48 Å². The molecule has 2 aromatic rings. The molecular formula is C11H12ClN5O2. The van der Waals surface area contributed by atoms with E-state index < -0.39 is 0 Å². The highest BCUT2D eigenvalue weighted by Gasteiger charge is 2.09. The molecule has 0 atom stereocenters. The molecule has 0 aliphatic heterocycles. The second kappa shape index (κ2) is 6.26. The summed E-state index contributed by atoms with van der Waals surface area (Å²) in [4.78, 5) is 19.5. The molecule has 7 nitrogen and oxygen atoms in total. The number of aromatic nitrogens is 4. The molecule has 0 bridgehead atoms. The van der Waals surface area contributed by atoms with Gasteiger partial charge in [0.1, 0.15) is 10.8 Å². The second-order valence-corrected chi connectivity index (χ2v) is 4.05. The van der Waals surface area contributed by atoms with Crippen LogP contribution in [0.5, 0.6) is 0 Å². The Morgan fingerprint density at radius 2 is 2.26 bits per heavy atom. The van der Waals surface area contributed by atoms with E-state index in [1.807, 2.05) is 0 Å². The number of carbonyl (C=O) groups is 1. The maximum atomic E-state index is 11.8. The van der Waals surface area contributed by atoms with Crippen LogP contribution >= 0.6 is 11.6 Å². The number of amides is 1. The summed E-state index contributed by atoms with van der Waals surface area (Å²) in [6.07, 6.45) is 5.89. The van der Waals surface area contributed by atoms with Gasteiger partial charge in [-0.15, -0.1) is 0 Å². The van der Waals surface area contributed by atoms with Crippen LogP contribution in [0.3, 0.4) is 0 Å². The molecule has 0 saturated heterocycles. The molecule has 0 spiro atoms. The Morgan fingerprint density at radius 3 is 2.95 bits per heavy atom. The van der Waals surface area contributed by atoms with Gasteiger partial charge in [0.25, 0.3) is 5.91 Å². The number of hydrogen-bond donors (Lipinski definition) is 1. The molecule has 19 heavy (non-hydrogen) atoms. The monoisotopic (exact) mass is 281 g/mol. The maximum Gasteiger partial charge on any atom is 0.275 e. The third-order valence-corrected chi connectivity index (χ3v) is 2.46. The minimum atomic E-state index is -0.365. The molecule has 0 unspecified atom stereocenters. The molecule has 0 radical (unpaired) electrons. The zero-order valence-corrected chi connectivity index (χ0v) is 11.0. The van der Waals surface area contributed by atoms with Crippen molar-refractivity contribution in [2.75, 3.05) is 19.0 Å². The van der Waals surface area contributed by atoms with Gasteiger partial charge >= 0.3 is 0 Å². The molecule has 2 heterocycles. The Bertz CT molecular complexity index is 554. The number of methoxy groups -OCH3 is 1. The first-order chi connectivity index (χ1) is 9.19. The summed E-state index contributed by atoms with van der Waals surface area (Å²) in [7, 11) is 1.62. The molecule has 100 valence electrons. The summed E-state index contributed by atoms with van der Waals surface area (Å²) in [5.74, 6) is -0.365. The molecule has 8 heteroatoms. The molecule has 0 aromatic carbocycles. The van der Waals surface area contributed by atoms with E-state index in [0.717, 1.165) is 0 Å². The van der Waals surface area contributed by atoms with E-state index in [9.17, 15) is 4.79 Å². The number of hydrogen-bond acceptors (Lipinski definition) is 5. The lowest BCUT2D eigenvalue weighted by atomic mass is 10.4. The first-order valence-electron chi connectivity index (χ1n) is 5.49. The van der Waals surface area contributed by atoms with Gasteiger partial charge in [-0.05, 0) is 0 Å². The Balaban J connectivity index is 1.98. The van der Waals surface area contributed by atoms with Crippen molar-refractivity contribution in [1.82, 2.24) is 19.7 Å². The van der Waals surface area contributed by atoms with Crippen LogP contribution in [0.25, 0.3) is 0 Å². The summed E-state index contributed by atoms with van der Waals surface area (Å²) in [6, 6.07) is 0. The van der Waals surface area contributed by atoms with Crippen LogP contribution in [0.2, 0.25) is 5.15 Å². The van der Waals surface area contributed by atoms with Crippen molar-refractivity contribution in [2.24, 2.45) is 0 Å². The van der Waals surface area contributed by atoms with Crippen LogP contribution in [0, 0.1) is 0 Å². The van der Waals surface area contributed by atoms with Crippen molar-refractivity contribution < 1.29 is 9.53 Å². The van der Waals surface area contributed by atoms with E-state index in [-0.39, 0.29) is 16.8 Å². The number of nitrogens with one attached hydrogen (secondary N) is 1. The first-order valence-corrected chi connectivity index (χ1v) is 5.87. The Morgan fingerprint density at radius 1 is 1.42 bits per heavy atom. The number of anilines is 1. The van der Waals surface area contributed by atoms with Gasteiger partial charge in [0.05, 0.1) is 37.4 Å². The topological polar surface area (TPSA) is 81.9 Å². The van der Waals surface area contributed by atoms with Crippen molar-refractivity contribution in [3.05, 3.63) is 35.6 Å². The molecule has 2 aromatic heterocycles. The largest absolute Gasteiger partial charge is 0.383 e. The number of ether oxygens (including phenoxy) is 1. The lowest BCUT2D eigenvalue weighted by Gasteiger charge is -2.01. The summed E-state index contributed by atoms with van der Waals surface area (Å²) in [5, 5.41) is 6.98. The molecule has 1 N–H and O–H groups in total. The second-order valence-electron chi connectivity index (χ2n) is 3.66. The summed E-state index contributed by atoms with van der Waals surface area (Å²) in [6.45, 7) is 1.17. The third-order valence-electron chi connectivity index (χ3n) is 2.27. The van der Waals surface area contributed by atoms with Crippen LogP contribution in [-0.4, -0.2) is 39.4 Å². The smallest absolute Gasteiger partial charge is 0.275 e. The lowest BCUT2D eigenvalue weighted by Crippen LogP contribution is -2.13. The van der Waals surface area contributed by atoms with E-state index in [2.05, 4.69) is 20.4 Å². The SMILES string of the molecule is COCCn1cc(NC(=O)c2cnc(Cl)cn2)cn1. The Hall–Kier alpha value is -1.99. The van der Waals surface area contributed by atoms with Gasteiger partial charge in [-0.25, -0.2) is 9.97 Å². The van der Waals surface area contributed by atoms with E-state index in [0.29, 0.717) is 18.8 Å². The van der Waals surface area contributed by atoms with Gasteiger partial charge in [0, 0.05) is 13.3 Å². The highest BCUT2D eigenvalue weighted by molar-refractivity contribution is 6.29. The molecule has 2 rings (SSSR count). The van der Waals surface area contributed by atoms with Gasteiger partial charge in [-0.2, -0.15) is 5.10 Å². The summed E-state index contributed by atoms with van der Waals surface area (Å²) in [5.41, 5.74) is 0.770. The van der Waals surface area contributed by atoms with Crippen LogP contribution in [-0.2, 0) is 11.3 Å². The standard InChI is InChI=1S/C11H12ClN5O2/c1-19-3-2-17-7-8(4-15-17)16-11(18)9-5-14-10(12)6-13-9/h4-7H,2-3H2,1H3,(H,16,18).